The van der Waals surface area contributed by atoms with Crippen LogP contribution in [0, 0.1) is 13.8 Å². The van der Waals surface area contributed by atoms with Gasteiger partial charge in [-0.3, -0.25) is 0 Å². The van der Waals surface area contributed by atoms with Crippen molar-refractivity contribution >= 4 is 70.5 Å². The molecule has 0 saturated carbocycles. The molecule has 4 N–H and O–H groups in total. The molecule has 0 atom stereocenters. The van der Waals surface area contributed by atoms with E-state index in [1.807, 2.05) is 37.3 Å². The van der Waals surface area contributed by atoms with Crippen LogP contribution in [0.3, 0.4) is 0 Å². The van der Waals surface area contributed by atoms with Crippen LogP contribution < -0.4 is 11.5 Å². The minimum atomic E-state index is 0. The van der Waals surface area contributed by atoms with Crippen LogP contribution in [-0.4, -0.2) is 59.1 Å². The molecule has 0 spiro atoms. The Labute approximate surface area is 153 Å². The Morgan fingerprint density at radius 3 is 1.83 bits per heavy atom. The van der Waals surface area contributed by atoms with Crippen molar-refractivity contribution in [3.05, 3.63) is 47.5 Å². The zero-order valence-corrected chi connectivity index (χ0v) is 9.62. The zero-order chi connectivity index (χ0) is 11.7. The standard InChI is InChI=1S/C14H16N2.2Na.2H/c1-9-10(2)14(16)8-7-13(9)11-3-5-12(15)6-4-11;;;;/h3-8H,15-16H2,1-2H3;;;;. The van der Waals surface area contributed by atoms with E-state index in [4.69, 9.17) is 11.5 Å². The molecule has 2 nitrogen and oxygen atoms in total. The van der Waals surface area contributed by atoms with Crippen molar-refractivity contribution in [2.24, 2.45) is 0 Å². The Hall–Kier alpha value is 0.0400. The van der Waals surface area contributed by atoms with E-state index < -0.39 is 0 Å². The number of rotatable bonds is 1. The van der Waals surface area contributed by atoms with Crippen LogP contribution in [0.5, 0.6) is 0 Å². The van der Waals surface area contributed by atoms with Crippen molar-refractivity contribution < 1.29 is 0 Å². The van der Waals surface area contributed by atoms with Crippen LogP contribution in [0.2, 0.25) is 0 Å². The summed E-state index contributed by atoms with van der Waals surface area (Å²) in [5, 5.41) is 0. The fourth-order valence-corrected chi connectivity index (χ4v) is 1.82. The molecule has 0 heterocycles. The fraction of sp³-hybridized carbons (Fsp3) is 0.143. The number of hydrogen-bond acceptors (Lipinski definition) is 2. The molecule has 86 valence electrons. The van der Waals surface area contributed by atoms with Gasteiger partial charge in [-0.05, 0) is 54.3 Å². The van der Waals surface area contributed by atoms with Crippen molar-refractivity contribution in [1.82, 2.24) is 0 Å². The molecule has 2 aromatic rings. The normalized spacial score (nSPS) is 9.22. The topological polar surface area (TPSA) is 52.0 Å². The predicted octanol–water partition coefficient (Wildman–Crippen LogP) is 1.84. The third-order valence-electron chi connectivity index (χ3n) is 3.05. The zero-order valence-electron chi connectivity index (χ0n) is 9.62. The second-order valence-electron chi connectivity index (χ2n) is 4.07. The molecule has 0 aromatic heterocycles. The molecule has 0 aliphatic heterocycles. The second kappa shape index (κ2) is 7.59. The van der Waals surface area contributed by atoms with Gasteiger partial charge < -0.3 is 11.5 Å². The van der Waals surface area contributed by atoms with E-state index in [-0.39, 0.29) is 59.1 Å². The number of nitrogens with two attached hydrogens (primary N) is 2. The molecule has 18 heavy (non-hydrogen) atoms. The van der Waals surface area contributed by atoms with Gasteiger partial charge in [-0.25, -0.2) is 0 Å². The van der Waals surface area contributed by atoms with Gasteiger partial charge in [0, 0.05) is 11.4 Å². The first-order valence-electron chi connectivity index (χ1n) is 5.31. The van der Waals surface area contributed by atoms with Crippen LogP contribution >= 0.6 is 0 Å². The summed E-state index contributed by atoms with van der Waals surface area (Å²) < 4.78 is 0. The summed E-state index contributed by atoms with van der Waals surface area (Å²) in [6.45, 7) is 4.14. The first-order valence-corrected chi connectivity index (χ1v) is 5.31. The van der Waals surface area contributed by atoms with Gasteiger partial charge in [0.2, 0.25) is 0 Å². The molecular formula is C14H18N2Na2. The van der Waals surface area contributed by atoms with Gasteiger partial charge in [0.05, 0.1) is 0 Å². The van der Waals surface area contributed by atoms with Gasteiger partial charge in [-0.2, -0.15) is 0 Å². The Kier molecular flexibility index (Phi) is 7.60. The SMILES string of the molecule is Cc1c(N)ccc(-c2ccc(N)cc2)c1C.[NaH].[NaH]. The molecule has 4 heteroatoms. The summed E-state index contributed by atoms with van der Waals surface area (Å²) in [6.07, 6.45) is 0. The minimum absolute atomic E-state index is 0. The second-order valence-corrected chi connectivity index (χ2v) is 4.07. The van der Waals surface area contributed by atoms with E-state index in [9.17, 15) is 0 Å². The molecule has 2 rings (SSSR count). The van der Waals surface area contributed by atoms with Crippen molar-refractivity contribution in [2.45, 2.75) is 13.8 Å². The average molecular weight is 260 g/mol. The van der Waals surface area contributed by atoms with Crippen molar-refractivity contribution in [2.75, 3.05) is 11.5 Å². The first-order chi connectivity index (χ1) is 7.59. The van der Waals surface area contributed by atoms with E-state index in [1.165, 1.54) is 16.7 Å². The van der Waals surface area contributed by atoms with Crippen LogP contribution in [0.4, 0.5) is 11.4 Å². The quantitative estimate of drug-likeness (QED) is 0.607. The summed E-state index contributed by atoms with van der Waals surface area (Å²) in [5.74, 6) is 0. The third kappa shape index (κ3) is 3.77. The predicted molar refractivity (Wildman–Crippen MR) is 84.5 cm³/mol. The molecule has 0 saturated heterocycles. The Morgan fingerprint density at radius 2 is 1.28 bits per heavy atom. The van der Waals surface area contributed by atoms with Gasteiger partial charge in [-0.15, -0.1) is 0 Å². The summed E-state index contributed by atoms with van der Waals surface area (Å²) in [4.78, 5) is 0. The van der Waals surface area contributed by atoms with E-state index in [0.717, 1.165) is 16.9 Å². The van der Waals surface area contributed by atoms with E-state index in [0.29, 0.717) is 0 Å². The van der Waals surface area contributed by atoms with E-state index in [2.05, 4.69) is 13.0 Å². The Morgan fingerprint density at radius 1 is 0.722 bits per heavy atom. The fourth-order valence-electron chi connectivity index (χ4n) is 1.82. The maximum absolute atomic E-state index is 5.87. The van der Waals surface area contributed by atoms with E-state index >= 15 is 0 Å². The van der Waals surface area contributed by atoms with Gasteiger partial charge in [0.25, 0.3) is 0 Å². The molecular weight excluding hydrogens is 242 g/mol. The molecule has 0 radical (unpaired) electrons. The van der Waals surface area contributed by atoms with Crippen LogP contribution in [-0.2, 0) is 0 Å². The first kappa shape index (κ1) is 18.0. The molecule has 0 bridgehead atoms. The molecule has 0 unspecified atom stereocenters. The summed E-state index contributed by atoms with van der Waals surface area (Å²) in [6, 6.07) is 11.9. The van der Waals surface area contributed by atoms with E-state index in [1.54, 1.807) is 0 Å². The number of benzene rings is 2. The van der Waals surface area contributed by atoms with Crippen molar-refractivity contribution in [1.29, 1.82) is 0 Å². The Balaban J connectivity index is 0.00000144. The maximum atomic E-state index is 5.87. The summed E-state index contributed by atoms with van der Waals surface area (Å²) in [7, 11) is 0. The molecule has 0 amide bonds. The van der Waals surface area contributed by atoms with Crippen molar-refractivity contribution in [3.63, 3.8) is 0 Å². The van der Waals surface area contributed by atoms with Crippen LogP contribution in [0.1, 0.15) is 11.1 Å². The third-order valence-corrected chi connectivity index (χ3v) is 3.05. The number of hydrogen-bond donors (Lipinski definition) is 2. The number of nitrogen functional groups attached to an aromatic ring is 2. The monoisotopic (exact) mass is 260 g/mol. The summed E-state index contributed by atoms with van der Waals surface area (Å²) in [5.41, 5.74) is 17.9. The van der Waals surface area contributed by atoms with Crippen LogP contribution in [0.15, 0.2) is 36.4 Å². The van der Waals surface area contributed by atoms with Gasteiger partial charge in [0.1, 0.15) is 0 Å². The Bertz CT molecular complexity index is 522. The van der Waals surface area contributed by atoms with Gasteiger partial charge >= 0.3 is 59.1 Å². The molecule has 0 fully saturated rings. The average Bonchev–Trinajstić information content (AvgIpc) is 2.28. The van der Waals surface area contributed by atoms with Gasteiger partial charge in [-0.1, -0.05) is 18.2 Å². The van der Waals surface area contributed by atoms with Crippen molar-refractivity contribution in [3.8, 4) is 11.1 Å². The number of anilines is 2. The van der Waals surface area contributed by atoms with Crippen LogP contribution in [0.25, 0.3) is 11.1 Å². The summed E-state index contributed by atoms with van der Waals surface area (Å²) >= 11 is 0. The van der Waals surface area contributed by atoms with Gasteiger partial charge in [0.15, 0.2) is 0 Å². The molecule has 2 aromatic carbocycles. The molecule has 0 aliphatic rings. The molecule has 0 aliphatic carbocycles.